The molecule has 0 spiro atoms. The summed E-state index contributed by atoms with van der Waals surface area (Å²) in [5.41, 5.74) is -0.0548. The van der Waals surface area contributed by atoms with E-state index in [1.165, 1.54) is 12.8 Å². The minimum Gasteiger partial charge on any atom is -0.350 e. The number of hydrogen-bond acceptors (Lipinski definition) is 2. The van der Waals surface area contributed by atoms with Crippen LogP contribution in [0.25, 0.3) is 0 Å². The Balaban J connectivity index is 2.01. The van der Waals surface area contributed by atoms with Crippen LogP contribution in [0.5, 0.6) is 0 Å². The smallest absolute Gasteiger partial charge is 0.227 e. The van der Waals surface area contributed by atoms with E-state index in [0.29, 0.717) is 5.91 Å². The van der Waals surface area contributed by atoms with Crippen molar-refractivity contribution in [2.75, 3.05) is 13.1 Å². The highest BCUT2D eigenvalue weighted by atomic mass is 16.2. The SMILES string of the molecule is CCCC1(C(=O)NC2(C)CCCC2)CCNC1. The van der Waals surface area contributed by atoms with Crippen molar-refractivity contribution in [1.29, 1.82) is 0 Å². The van der Waals surface area contributed by atoms with Gasteiger partial charge in [0.05, 0.1) is 5.41 Å². The molecule has 1 atom stereocenters. The Morgan fingerprint density at radius 1 is 1.29 bits per heavy atom. The van der Waals surface area contributed by atoms with Gasteiger partial charge in [0.25, 0.3) is 0 Å². The summed E-state index contributed by atoms with van der Waals surface area (Å²) in [6, 6.07) is 0. The van der Waals surface area contributed by atoms with Crippen molar-refractivity contribution in [1.82, 2.24) is 10.6 Å². The van der Waals surface area contributed by atoms with E-state index in [1.54, 1.807) is 0 Å². The van der Waals surface area contributed by atoms with Crippen molar-refractivity contribution >= 4 is 5.91 Å². The lowest BCUT2D eigenvalue weighted by atomic mass is 9.80. The molecule has 2 N–H and O–H groups in total. The zero-order valence-corrected chi connectivity index (χ0v) is 11.3. The molecule has 2 fully saturated rings. The highest BCUT2D eigenvalue weighted by Crippen LogP contribution is 2.35. The zero-order valence-electron chi connectivity index (χ0n) is 11.3. The molecule has 1 aliphatic heterocycles. The van der Waals surface area contributed by atoms with E-state index in [1.807, 2.05) is 0 Å². The molecule has 2 rings (SSSR count). The van der Waals surface area contributed by atoms with Crippen LogP contribution in [0.15, 0.2) is 0 Å². The van der Waals surface area contributed by atoms with Crippen LogP contribution in [0.4, 0.5) is 0 Å². The summed E-state index contributed by atoms with van der Waals surface area (Å²) < 4.78 is 0. The van der Waals surface area contributed by atoms with Crippen LogP contribution in [0.1, 0.15) is 58.8 Å². The molecule has 98 valence electrons. The summed E-state index contributed by atoms with van der Waals surface area (Å²) in [6.45, 7) is 6.23. The molecule has 1 amide bonds. The predicted molar refractivity (Wildman–Crippen MR) is 69.8 cm³/mol. The van der Waals surface area contributed by atoms with Crippen molar-refractivity contribution in [3.05, 3.63) is 0 Å². The fourth-order valence-electron chi connectivity index (χ4n) is 3.43. The van der Waals surface area contributed by atoms with Gasteiger partial charge in [0, 0.05) is 12.1 Å². The van der Waals surface area contributed by atoms with Gasteiger partial charge >= 0.3 is 0 Å². The first-order chi connectivity index (χ1) is 8.10. The van der Waals surface area contributed by atoms with E-state index >= 15 is 0 Å². The normalized spacial score (nSPS) is 31.6. The Bertz CT molecular complexity index is 276. The minimum atomic E-state index is -0.125. The quantitative estimate of drug-likeness (QED) is 0.788. The lowest BCUT2D eigenvalue weighted by Crippen LogP contribution is -2.51. The molecule has 1 aliphatic carbocycles. The maximum absolute atomic E-state index is 12.6. The third-order valence-corrected chi connectivity index (χ3v) is 4.58. The Morgan fingerprint density at radius 2 is 2.00 bits per heavy atom. The molecule has 0 aromatic rings. The predicted octanol–water partition coefficient (Wildman–Crippen LogP) is 2.22. The van der Waals surface area contributed by atoms with Crippen LogP contribution in [0.2, 0.25) is 0 Å². The lowest BCUT2D eigenvalue weighted by Gasteiger charge is -2.33. The number of amides is 1. The average Bonchev–Trinajstić information content (AvgIpc) is 2.89. The maximum atomic E-state index is 12.6. The highest BCUT2D eigenvalue weighted by molar-refractivity contribution is 5.84. The van der Waals surface area contributed by atoms with E-state index in [9.17, 15) is 4.79 Å². The second-order valence-electron chi connectivity index (χ2n) is 6.18. The van der Waals surface area contributed by atoms with Crippen LogP contribution in [0, 0.1) is 5.41 Å². The molecule has 3 heteroatoms. The van der Waals surface area contributed by atoms with Gasteiger partial charge in [-0.15, -0.1) is 0 Å². The Morgan fingerprint density at radius 3 is 2.53 bits per heavy atom. The summed E-state index contributed by atoms with van der Waals surface area (Å²) in [5.74, 6) is 0.300. The standard InChI is InChI=1S/C14H26N2O/c1-3-6-14(9-10-15-11-14)12(17)16-13(2)7-4-5-8-13/h15H,3-11H2,1-2H3,(H,16,17). The van der Waals surface area contributed by atoms with Crippen LogP contribution < -0.4 is 10.6 Å². The van der Waals surface area contributed by atoms with Gasteiger partial charge in [-0.2, -0.15) is 0 Å². The molecular weight excluding hydrogens is 212 g/mol. The number of rotatable bonds is 4. The van der Waals surface area contributed by atoms with Gasteiger partial charge in [-0.25, -0.2) is 0 Å². The third kappa shape index (κ3) is 2.65. The summed E-state index contributed by atoms with van der Waals surface area (Å²) in [7, 11) is 0. The van der Waals surface area contributed by atoms with Crippen molar-refractivity contribution in [2.24, 2.45) is 5.41 Å². The lowest BCUT2D eigenvalue weighted by molar-refractivity contribution is -0.132. The van der Waals surface area contributed by atoms with E-state index < -0.39 is 0 Å². The summed E-state index contributed by atoms with van der Waals surface area (Å²) >= 11 is 0. The van der Waals surface area contributed by atoms with Gasteiger partial charge in [0.15, 0.2) is 0 Å². The van der Waals surface area contributed by atoms with Crippen molar-refractivity contribution in [3.8, 4) is 0 Å². The molecule has 1 saturated heterocycles. The molecule has 1 unspecified atom stereocenters. The first-order valence-electron chi connectivity index (χ1n) is 7.14. The summed E-state index contributed by atoms with van der Waals surface area (Å²) in [4.78, 5) is 12.6. The minimum absolute atomic E-state index is 0.0699. The molecule has 0 aromatic heterocycles. The van der Waals surface area contributed by atoms with Gasteiger partial charge in [-0.05, 0) is 39.2 Å². The maximum Gasteiger partial charge on any atom is 0.227 e. The molecular formula is C14H26N2O. The van der Waals surface area contributed by atoms with Crippen molar-refractivity contribution in [3.63, 3.8) is 0 Å². The van der Waals surface area contributed by atoms with E-state index in [-0.39, 0.29) is 11.0 Å². The molecule has 17 heavy (non-hydrogen) atoms. The Labute approximate surface area is 105 Å². The average molecular weight is 238 g/mol. The molecule has 3 nitrogen and oxygen atoms in total. The van der Waals surface area contributed by atoms with Crippen molar-refractivity contribution in [2.45, 2.75) is 64.3 Å². The molecule has 1 heterocycles. The number of nitrogens with one attached hydrogen (secondary N) is 2. The molecule has 0 bridgehead atoms. The van der Waals surface area contributed by atoms with Crippen LogP contribution >= 0.6 is 0 Å². The van der Waals surface area contributed by atoms with Crippen LogP contribution in [-0.2, 0) is 4.79 Å². The van der Waals surface area contributed by atoms with Crippen molar-refractivity contribution < 1.29 is 4.79 Å². The van der Waals surface area contributed by atoms with E-state index in [4.69, 9.17) is 0 Å². The number of carbonyl (C=O) groups excluding carboxylic acids is 1. The Hall–Kier alpha value is -0.570. The van der Waals surface area contributed by atoms with Gasteiger partial charge in [-0.3, -0.25) is 4.79 Å². The second kappa shape index (κ2) is 4.97. The fourth-order valence-corrected chi connectivity index (χ4v) is 3.43. The molecule has 2 aliphatic rings. The molecule has 0 radical (unpaired) electrons. The highest BCUT2D eigenvalue weighted by Gasteiger charge is 2.43. The van der Waals surface area contributed by atoms with Gasteiger partial charge in [0.2, 0.25) is 5.91 Å². The van der Waals surface area contributed by atoms with Crippen LogP contribution in [0.3, 0.4) is 0 Å². The topological polar surface area (TPSA) is 41.1 Å². The second-order valence-corrected chi connectivity index (χ2v) is 6.18. The molecule has 1 saturated carbocycles. The monoisotopic (exact) mass is 238 g/mol. The van der Waals surface area contributed by atoms with Gasteiger partial charge in [0.1, 0.15) is 0 Å². The Kier molecular flexibility index (Phi) is 3.76. The van der Waals surface area contributed by atoms with E-state index in [0.717, 1.165) is 45.2 Å². The largest absolute Gasteiger partial charge is 0.350 e. The van der Waals surface area contributed by atoms with E-state index in [2.05, 4.69) is 24.5 Å². The number of hydrogen-bond donors (Lipinski definition) is 2. The summed E-state index contributed by atoms with van der Waals surface area (Å²) in [5, 5.41) is 6.70. The molecule has 0 aromatic carbocycles. The first-order valence-corrected chi connectivity index (χ1v) is 7.14. The third-order valence-electron chi connectivity index (χ3n) is 4.58. The van der Waals surface area contributed by atoms with Gasteiger partial charge < -0.3 is 10.6 Å². The zero-order chi connectivity index (χ0) is 12.4. The number of carbonyl (C=O) groups is 1. The summed E-state index contributed by atoms with van der Waals surface area (Å²) in [6.07, 6.45) is 7.92. The van der Waals surface area contributed by atoms with Gasteiger partial charge in [-0.1, -0.05) is 26.2 Å². The van der Waals surface area contributed by atoms with Crippen LogP contribution in [-0.4, -0.2) is 24.5 Å². The fraction of sp³-hybridized carbons (Fsp3) is 0.929. The first kappa shape index (κ1) is 12.9.